The Morgan fingerprint density at radius 1 is 1.03 bits per heavy atom. The maximum absolute atomic E-state index is 13.3. The molecule has 0 saturated heterocycles. The van der Waals surface area contributed by atoms with E-state index in [1.165, 1.54) is 9.80 Å². The minimum absolute atomic E-state index is 0.0620. The number of thiazole rings is 1. The van der Waals surface area contributed by atoms with Gasteiger partial charge < -0.3 is 14.4 Å². The first-order valence-corrected chi connectivity index (χ1v) is 11.9. The molecular formula is C26H23N3O5S. The van der Waals surface area contributed by atoms with Crippen LogP contribution in [0.3, 0.4) is 0 Å². The summed E-state index contributed by atoms with van der Waals surface area (Å²) in [6.45, 7) is 7.59. The van der Waals surface area contributed by atoms with Crippen LogP contribution in [0.4, 0.5) is 11.4 Å². The maximum Gasteiger partial charge on any atom is 0.265 e. The molecule has 2 aliphatic rings. The van der Waals surface area contributed by atoms with Crippen molar-refractivity contribution < 1.29 is 23.9 Å². The molecule has 0 fully saturated rings. The van der Waals surface area contributed by atoms with Crippen molar-refractivity contribution in [3.8, 4) is 22.8 Å². The standard InChI is InChI=1S/C26H23N3O5S/c1-4-9-28-19-10-17(5-7-22(19)33-13-24(28)31)21(30)12-29-20-11-18(26-15(2)35-16(3)27-26)6-8-23(20)34-14-25(29)32/h4-8,10-11H,1,9,12-14H2,2-3H3. The number of fused-ring (bicyclic) bond motifs is 2. The number of ketones is 1. The number of aromatic nitrogens is 1. The first-order chi connectivity index (χ1) is 16.9. The second-order valence-corrected chi connectivity index (χ2v) is 9.68. The van der Waals surface area contributed by atoms with E-state index in [2.05, 4.69) is 11.6 Å². The molecule has 2 amide bonds. The van der Waals surface area contributed by atoms with Crippen LogP contribution in [0, 0.1) is 13.8 Å². The van der Waals surface area contributed by atoms with Crippen LogP contribution >= 0.6 is 11.3 Å². The lowest BCUT2D eigenvalue weighted by Gasteiger charge is -2.30. The van der Waals surface area contributed by atoms with Gasteiger partial charge in [0.2, 0.25) is 0 Å². The number of nitrogens with zero attached hydrogens (tertiary/aromatic N) is 3. The number of anilines is 2. The van der Waals surface area contributed by atoms with Crippen LogP contribution in [0.15, 0.2) is 49.1 Å². The Morgan fingerprint density at radius 2 is 1.69 bits per heavy atom. The van der Waals surface area contributed by atoms with Crippen molar-refractivity contribution in [2.45, 2.75) is 13.8 Å². The Balaban J connectivity index is 1.46. The van der Waals surface area contributed by atoms with Gasteiger partial charge in [0.1, 0.15) is 11.5 Å². The largest absolute Gasteiger partial charge is 0.482 e. The topological polar surface area (TPSA) is 89.0 Å². The van der Waals surface area contributed by atoms with E-state index in [-0.39, 0.29) is 37.4 Å². The fourth-order valence-electron chi connectivity index (χ4n) is 4.26. The number of hydrogen-bond donors (Lipinski definition) is 0. The normalized spacial score (nSPS) is 14.7. The second-order valence-electron chi connectivity index (χ2n) is 8.28. The fraction of sp³-hybridized carbons (Fsp3) is 0.231. The molecule has 0 radical (unpaired) electrons. The van der Waals surface area contributed by atoms with Gasteiger partial charge in [-0.1, -0.05) is 6.08 Å². The van der Waals surface area contributed by atoms with Crippen molar-refractivity contribution in [2.75, 3.05) is 36.1 Å². The molecule has 0 spiro atoms. The summed E-state index contributed by atoms with van der Waals surface area (Å²) in [6, 6.07) is 10.5. The smallest absolute Gasteiger partial charge is 0.265 e. The summed E-state index contributed by atoms with van der Waals surface area (Å²) < 4.78 is 11.1. The lowest BCUT2D eigenvalue weighted by molar-refractivity contribution is -0.121. The highest BCUT2D eigenvalue weighted by atomic mass is 32.1. The molecule has 0 bridgehead atoms. The van der Waals surface area contributed by atoms with Gasteiger partial charge in [0, 0.05) is 22.5 Å². The third kappa shape index (κ3) is 4.19. The maximum atomic E-state index is 13.3. The first-order valence-electron chi connectivity index (χ1n) is 11.1. The second kappa shape index (κ2) is 8.99. The van der Waals surface area contributed by atoms with Crippen LogP contribution < -0.4 is 19.3 Å². The zero-order chi connectivity index (χ0) is 24.7. The lowest BCUT2D eigenvalue weighted by atomic mass is 10.1. The molecule has 35 heavy (non-hydrogen) atoms. The summed E-state index contributed by atoms with van der Waals surface area (Å²) >= 11 is 1.60. The molecule has 1 aromatic heterocycles. The van der Waals surface area contributed by atoms with E-state index < -0.39 is 0 Å². The van der Waals surface area contributed by atoms with Crippen molar-refractivity contribution >= 4 is 40.3 Å². The average molecular weight is 490 g/mol. The number of aryl methyl sites for hydroxylation is 2. The summed E-state index contributed by atoms with van der Waals surface area (Å²) in [7, 11) is 0. The number of rotatable bonds is 6. The number of amides is 2. The third-order valence-electron chi connectivity index (χ3n) is 5.92. The Labute approximate surface area is 206 Å². The molecule has 2 aromatic carbocycles. The summed E-state index contributed by atoms with van der Waals surface area (Å²) in [5, 5.41) is 0.954. The fourth-order valence-corrected chi connectivity index (χ4v) is 5.10. The van der Waals surface area contributed by atoms with Gasteiger partial charge in [-0.15, -0.1) is 17.9 Å². The first kappa shape index (κ1) is 22.8. The highest BCUT2D eigenvalue weighted by Crippen LogP contribution is 2.38. The number of carbonyl (C=O) groups excluding carboxylic acids is 3. The number of benzene rings is 2. The highest BCUT2D eigenvalue weighted by molar-refractivity contribution is 7.11. The van der Waals surface area contributed by atoms with Crippen LogP contribution in [-0.2, 0) is 9.59 Å². The van der Waals surface area contributed by atoms with E-state index in [4.69, 9.17) is 9.47 Å². The molecule has 0 unspecified atom stereocenters. The van der Waals surface area contributed by atoms with Crippen LogP contribution in [0.25, 0.3) is 11.3 Å². The Hall–Kier alpha value is -3.98. The van der Waals surface area contributed by atoms with Gasteiger partial charge in [0.15, 0.2) is 19.0 Å². The predicted molar refractivity (Wildman–Crippen MR) is 134 cm³/mol. The van der Waals surface area contributed by atoms with Crippen molar-refractivity contribution in [3.63, 3.8) is 0 Å². The molecule has 3 aromatic rings. The molecular weight excluding hydrogens is 466 g/mol. The van der Waals surface area contributed by atoms with Gasteiger partial charge in [0.25, 0.3) is 11.8 Å². The summed E-state index contributed by atoms with van der Waals surface area (Å²) in [5.74, 6) is 0.275. The van der Waals surface area contributed by atoms with Crippen LogP contribution in [0.1, 0.15) is 20.2 Å². The zero-order valence-electron chi connectivity index (χ0n) is 19.4. The minimum Gasteiger partial charge on any atom is -0.482 e. The molecule has 9 heteroatoms. The van der Waals surface area contributed by atoms with Gasteiger partial charge in [-0.25, -0.2) is 4.98 Å². The SMILES string of the molecule is C=CCN1C(=O)COc2ccc(C(=O)CN3C(=O)COc4ccc(-c5nc(C)sc5C)cc43)cc21. The third-order valence-corrected chi connectivity index (χ3v) is 6.80. The zero-order valence-corrected chi connectivity index (χ0v) is 20.2. The van der Waals surface area contributed by atoms with Crippen molar-refractivity contribution in [2.24, 2.45) is 0 Å². The van der Waals surface area contributed by atoms with Crippen molar-refractivity contribution in [3.05, 3.63) is 64.5 Å². The number of ether oxygens (including phenoxy) is 2. The number of hydrogen-bond acceptors (Lipinski definition) is 7. The molecule has 0 N–H and O–H groups in total. The Morgan fingerprint density at radius 3 is 2.34 bits per heavy atom. The average Bonchev–Trinajstić information content (AvgIpc) is 3.19. The van der Waals surface area contributed by atoms with Crippen LogP contribution in [0.2, 0.25) is 0 Å². The van der Waals surface area contributed by atoms with E-state index in [1.807, 2.05) is 26.0 Å². The molecule has 8 nitrogen and oxygen atoms in total. The van der Waals surface area contributed by atoms with E-state index >= 15 is 0 Å². The number of carbonyl (C=O) groups is 3. The summed E-state index contributed by atoms with van der Waals surface area (Å²) in [6.07, 6.45) is 1.62. The highest BCUT2D eigenvalue weighted by Gasteiger charge is 2.30. The monoisotopic (exact) mass is 489 g/mol. The van der Waals surface area contributed by atoms with Gasteiger partial charge in [-0.3, -0.25) is 19.3 Å². The van der Waals surface area contributed by atoms with Crippen molar-refractivity contribution in [1.82, 2.24) is 4.98 Å². The Kier molecular flexibility index (Phi) is 5.86. The molecule has 178 valence electrons. The van der Waals surface area contributed by atoms with Gasteiger partial charge >= 0.3 is 0 Å². The van der Waals surface area contributed by atoms with Crippen LogP contribution in [-0.4, -0.2) is 48.9 Å². The van der Waals surface area contributed by atoms with Gasteiger partial charge in [-0.05, 0) is 50.2 Å². The van der Waals surface area contributed by atoms with E-state index in [9.17, 15) is 14.4 Å². The lowest BCUT2D eigenvalue weighted by Crippen LogP contribution is -2.42. The predicted octanol–water partition coefficient (Wildman–Crippen LogP) is 3.95. The number of Topliss-reactive ketones (excluding diaryl/α,β-unsaturated/α-hetero) is 1. The summed E-state index contributed by atoms with van der Waals surface area (Å²) in [4.78, 5) is 47.1. The molecule has 0 atom stereocenters. The van der Waals surface area contributed by atoms with E-state index in [0.29, 0.717) is 35.0 Å². The summed E-state index contributed by atoms with van der Waals surface area (Å²) in [5.41, 5.74) is 3.12. The van der Waals surface area contributed by atoms with Crippen molar-refractivity contribution in [1.29, 1.82) is 0 Å². The minimum atomic E-state index is -0.307. The van der Waals surface area contributed by atoms with Gasteiger partial charge in [-0.2, -0.15) is 0 Å². The molecule has 0 saturated carbocycles. The van der Waals surface area contributed by atoms with Gasteiger partial charge in [0.05, 0.1) is 28.6 Å². The quantitative estimate of drug-likeness (QED) is 0.385. The van der Waals surface area contributed by atoms with E-state index in [1.54, 1.807) is 41.7 Å². The molecule has 5 rings (SSSR count). The van der Waals surface area contributed by atoms with E-state index in [0.717, 1.165) is 21.1 Å². The van der Waals surface area contributed by atoms with Crippen LogP contribution in [0.5, 0.6) is 11.5 Å². The molecule has 0 aliphatic carbocycles. The Bertz CT molecular complexity index is 1380. The molecule has 3 heterocycles. The molecule has 2 aliphatic heterocycles.